The van der Waals surface area contributed by atoms with Crippen LogP contribution in [0.4, 0.5) is 5.69 Å². The van der Waals surface area contributed by atoms with Crippen molar-refractivity contribution in [3.8, 4) is 0 Å². The summed E-state index contributed by atoms with van der Waals surface area (Å²) >= 11 is 0. The molecule has 0 aliphatic carbocycles. The van der Waals surface area contributed by atoms with Crippen molar-refractivity contribution >= 4 is 28.3 Å². The normalized spacial score (nSPS) is 20.8. The van der Waals surface area contributed by atoms with E-state index in [0.717, 1.165) is 67.3 Å². The number of anilines is 1. The van der Waals surface area contributed by atoms with Crippen LogP contribution in [0.25, 0.3) is 16.7 Å². The predicted octanol–water partition coefficient (Wildman–Crippen LogP) is 2.64. The van der Waals surface area contributed by atoms with Gasteiger partial charge in [-0.1, -0.05) is 12.1 Å². The second-order valence-corrected chi connectivity index (χ2v) is 9.32. The van der Waals surface area contributed by atoms with E-state index >= 15 is 0 Å². The van der Waals surface area contributed by atoms with Crippen molar-refractivity contribution in [2.75, 3.05) is 51.2 Å². The number of nitrogens with one attached hydrogen (secondary N) is 1. The molecule has 4 heterocycles. The Morgan fingerprint density at radius 2 is 1.83 bits per heavy atom. The van der Waals surface area contributed by atoms with Crippen molar-refractivity contribution < 1.29 is 4.79 Å². The fourth-order valence-electron chi connectivity index (χ4n) is 5.04. The molecule has 0 radical (unpaired) electrons. The number of piperazine rings is 1. The number of amides is 1. The van der Waals surface area contributed by atoms with Crippen LogP contribution in [-0.2, 0) is 4.79 Å². The maximum absolute atomic E-state index is 12.9. The minimum Gasteiger partial charge on any atom is -0.369 e. The number of para-hydroxylation sites is 1. The first kappa shape index (κ1) is 23.2. The minimum atomic E-state index is -0.163. The molecule has 8 nitrogen and oxygen atoms in total. The predicted molar refractivity (Wildman–Crippen MR) is 139 cm³/mol. The third-order valence-corrected chi connectivity index (χ3v) is 7.22. The maximum Gasteiger partial charge on any atom is 0.229 e. The van der Waals surface area contributed by atoms with Crippen LogP contribution in [0.2, 0.25) is 0 Å². The Kier molecular flexibility index (Phi) is 6.90. The van der Waals surface area contributed by atoms with Crippen molar-refractivity contribution in [2.45, 2.75) is 19.4 Å². The molecule has 2 aromatic heterocycles. The molecule has 35 heavy (non-hydrogen) atoms. The Morgan fingerprint density at radius 3 is 2.63 bits per heavy atom. The number of hydrogen-bond donors (Lipinski definition) is 1. The van der Waals surface area contributed by atoms with E-state index < -0.39 is 0 Å². The monoisotopic (exact) mass is 471 g/mol. The van der Waals surface area contributed by atoms with Crippen LogP contribution in [-0.4, -0.2) is 83.0 Å². The van der Waals surface area contributed by atoms with Crippen molar-refractivity contribution in [1.82, 2.24) is 30.1 Å². The van der Waals surface area contributed by atoms with Gasteiger partial charge in [-0.3, -0.25) is 24.6 Å². The Morgan fingerprint density at radius 1 is 1.00 bits per heavy atom. The molecule has 3 aromatic rings. The molecule has 2 unspecified atom stereocenters. The Bertz CT molecular complexity index is 1190. The number of carbonyl (C=O) groups is 1. The highest BCUT2D eigenvalue weighted by Crippen LogP contribution is 2.31. The van der Waals surface area contributed by atoms with Gasteiger partial charge in [0, 0.05) is 64.4 Å². The van der Waals surface area contributed by atoms with Gasteiger partial charge in [-0.25, -0.2) is 0 Å². The van der Waals surface area contributed by atoms with E-state index in [1.807, 2.05) is 31.3 Å². The van der Waals surface area contributed by atoms with Gasteiger partial charge in [0.25, 0.3) is 0 Å². The van der Waals surface area contributed by atoms with Gasteiger partial charge < -0.3 is 15.1 Å². The third kappa shape index (κ3) is 4.98. The first-order chi connectivity index (χ1) is 17.1. The lowest BCUT2D eigenvalue weighted by molar-refractivity contribution is -0.124. The largest absolute Gasteiger partial charge is 0.369 e. The number of rotatable bonds is 7. The molecular weight excluding hydrogens is 438 g/mol. The lowest BCUT2D eigenvalue weighted by Crippen LogP contribution is -2.47. The number of hydrogen-bond acceptors (Lipinski definition) is 7. The zero-order valence-electron chi connectivity index (χ0n) is 20.5. The van der Waals surface area contributed by atoms with E-state index in [0.29, 0.717) is 6.54 Å². The number of nitrogens with zero attached hydrogens (tertiary/aromatic N) is 6. The molecule has 8 heteroatoms. The molecule has 0 spiro atoms. The highest BCUT2D eigenvalue weighted by Gasteiger charge is 2.34. The Balaban J connectivity index is 1.08. The molecule has 1 N–H and O–H groups in total. The van der Waals surface area contributed by atoms with E-state index in [1.165, 1.54) is 0 Å². The summed E-state index contributed by atoms with van der Waals surface area (Å²) in [5.41, 5.74) is 5.00. The number of fused-ring (bicyclic) bond motifs is 1. The van der Waals surface area contributed by atoms with Gasteiger partial charge in [-0.15, -0.1) is 0 Å². The number of carbonyl (C=O) groups excluding carboxylic acids is 1. The summed E-state index contributed by atoms with van der Waals surface area (Å²) in [5, 5.41) is 3.16. The lowest BCUT2D eigenvalue weighted by Gasteiger charge is -2.36. The summed E-state index contributed by atoms with van der Waals surface area (Å²) in [6.07, 6.45) is 8.29. The van der Waals surface area contributed by atoms with Crippen molar-refractivity contribution in [3.05, 3.63) is 66.8 Å². The van der Waals surface area contributed by atoms with Crippen LogP contribution in [0.3, 0.4) is 0 Å². The van der Waals surface area contributed by atoms with Crippen molar-refractivity contribution in [1.29, 1.82) is 0 Å². The fourth-order valence-corrected chi connectivity index (χ4v) is 5.04. The van der Waals surface area contributed by atoms with E-state index in [4.69, 9.17) is 0 Å². The van der Waals surface area contributed by atoms with Gasteiger partial charge in [0.15, 0.2) is 0 Å². The van der Waals surface area contributed by atoms with Gasteiger partial charge in [-0.05, 0) is 50.2 Å². The quantitative estimate of drug-likeness (QED) is 0.531. The standard InChI is InChI=1S/C27H33N7O/c1-20-21(19-25(32(20)2)22-7-3-4-10-28-22)27(35)31-11-6-14-33-15-17-34(18-16-33)24-9-5-8-23-26(24)30-13-12-29-23/h3-5,7-10,12-13,19-21H,6,11,14-18H2,1-2H3,(H,31,35). The molecule has 2 aliphatic heterocycles. The van der Waals surface area contributed by atoms with Gasteiger partial charge in [0.05, 0.1) is 28.5 Å². The lowest BCUT2D eigenvalue weighted by atomic mass is 10.0. The number of pyridine rings is 1. The van der Waals surface area contributed by atoms with Gasteiger partial charge >= 0.3 is 0 Å². The molecule has 1 saturated heterocycles. The van der Waals surface area contributed by atoms with Crippen molar-refractivity contribution in [2.24, 2.45) is 5.92 Å². The summed E-state index contributed by atoms with van der Waals surface area (Å²) in [6, 6.07) is 12.2. The molecule has 182 valence electrons. The highest BCUT2D eigenvalue weighted by molar-refractivity contribution is 5.88. The molecule has 2 aliphatic rings. The molecule has 0 saturated carbocycles. The summed E-state index contributed by atoms with van der Waals surface area (Å²) in [4.78, 5) is 33.4. The smallest absolute Gasteiger partial charge is 0.229 e. The van der Waals surface area contributed by atoms with E-state index in [1.54, 1.807) is 18.6 Å². The zero-order valence-corrected chi connectivity index (χ0v) is 20.5. The van der Waals surface area contributed by atoms with Crippen molar-refractivity contribution in [3.63, 3.8) is 0 Å². The average Bonchev–Trinajstić information content (AvgIpc) is 3.21. The van der Waals surface area contributed by atoms with Crippen LogP contribution in [0, 0.1) is 5.92 Å². The minimum absolute atomic E-state index is 0.0946. The van der Waals surface area contributed by atoms with Crippen LogP contribution >= 0.6 is 0 Å². The van der Waals surface area contributed by atoms with Gasteiger partial charge in [-0.2, -0.15) is 0 Å². The summed E-state index contributed by atoms with van der Waals surface area (Å²) < 4.78 is 0. The second-order valence-electron chi connectivity index (χ2n) is 9.32. The Labute approximate surface area is 206 Å². The number of benzene rings is 1. The molecule has 0 bridgehead atoms. The molecule has 2 atom stereocenters. The van der Waals surface area contributed by atoms with Crippen LogP contribution in [0.15, 0.2) is 61.1 Å². The summed E-state index contributed by atoms with van der Waals surface area (Å²) in [6.45, 7) is 7.72. The summed E-state index contributed by atoms with van der Waals surface area (Å²) in [7, 11) is 2.03. The molecule has 1 amide bonds. The third-order valence-electron chi connectivity index (χ3n) is 7.22. The SMILES string of the molecule is CC1C(C(=O)NCCCN2CCN(c3cccc4nccnc34)CC2)C=C(c2ccccn2)N1C. The molecular formula is C27H33N7O. The average molecular weight is 472 g/mol. The maximum atomic E-state index is 12.9. The fraction of sp³-hybridized carbons (Fsp3) is 0.407. The zero-order chi connectivity index (χ0) is 24.2. The summed E-state index contributed by atoms with van der Waals surface area (Å²) in [5.74, 6) is -0.0680. The van der Waals surface area contributed by atoms with Crippen LogP contribution in [0.5, 0.6) is 0 Å². The topological polar surface area (TPSA) is 77.5 Å². The molecule has 5 rings (SSSR count). The van der Waals surface area contributed by atoms with E-state index in [9.17, 15) is 4.79 Å². The molecule has 1 fully saturated rings. The number of aromatic nitrogens is 3. The van der Waals surface area contributed by atoms with E-state index in [-0.39, 0.29) is 17.9 Å². The first-order valence-corrected chi connectivity index (χ1v) is 12.4. The van der Waals surface area contributed by atoms with Crippen LogP contribution in [0.1, 0.15) is 19.0 Å². The van der Waals surface area contributed by atoms with Crippen LogP contribution < -0.4 is 10.2 Å². The molecule has 1 aromatic carbocycles. The highest BCUT2D eigenvalue weighted by atomic mass is 16.1. The second kappa shape index (κ2) is 10.4. The first-order valence-electron chi connectivity index (χ1n) is 12.4. The van der Waals surface area contributed by atoms with E-state index in [2.05, 4.69) is 60.1 Å². The van der Waals surface area contributed by atoms with Gasteiger partial charge in [0.1, 0.15) is 5.52 Å². The van der Waals surface area contributed by atoms with Gasteiger partial charge in [0.2, 0.25) is 5.91 Å². The Hall–Kier alpha value is -3.52.